The highest BCUT2D eigenvalue weighted by molar-refractivity contribution is 6.09. The molecule has 0 atom stereocenters. The first-order valence-corrected chi connectivity index (χ1v) is 6.50. The maximum atomic E-state index is 12.6. The normalized spacial score (nSPS) is 10.9. The van der Waals surface area contributed by atoms with Gasteiger partial charge < -0.3 is 10.6 Å². The monoisotopic (exact) mass is 257 g/mol. The van der Waals surface area contributed by atoms with Gasteiger partial charge in [-0.25, -0.2) is 4.98 Å². The van der Waals surface area contributed by atoms with E-state index >= 15 is 0 Å². The van der Waals surface area contributed by atoms with Crippen LogP contribution in [-0.4, -0.2) is 28.4 Å². The summed E-state index contributed by atoms with van der Waals surface area (Å²) >= 11 is 0. The molecule has 0 unspecified atom stereocenters. The Kier molecular flexibility index (Phi) is 3.69. The molecular formula is C15H19N3O. The zero-order chi connectivity index (χ0) is 14.0. The van der Waals surface area contributed by atoms with Crippen LogP contribution in [0.4, 0.5) is 5.82 Å². The van der Waals surface area contributed by atoms with Crippen LogP contribution in [0.15, 0.2) is 30.5 Å². The second-order valence-electron chi connectivity index (χ2n) is 4.79. The van der Waals surface area contributed by atoms with Gasteiger partial charge in [-0.2, -0.15) is 0 Å². The van der Waals surface area contributed by atoms with Gasteiger partial charge in [0.1, 0.15) is 5.82 Å². The summed E-state index contributed by atoms with van der Waals surface area (Å²) in [7, 11) is 0. The number of aromatic nitrogens is 1. The van der Waals surface area contributed by atoms with Gasteiger partial charge >= 0.3 is 0 Å². The maximum Gasteiger partial charge on any atom is 0.256 e. The minimum atomic E-state index is 0.00111. The minimum Gasteiger partial charge on any atom is -0.383 e. The Balaban J connectivity index is 2.57. The average molecular weight is 257 g/mol. The molecule has 0 aliphatic carbocycles. The Hall–Kier alpha value is -2.10. The number of benzene rings is 1. The Morgan fingerprint density at radius 3 is 2.53 bits per heavy atom. The SMILES string of the molecule is CCN(C(=O)c1cnc(N)c2ccccc12)C(C)C. The molecule has 2 N–H and O–H groups in total. The smallest absolute Gasteiger partial charge is 0.256 e. The summed E-state index contributed by atoms with van der Waals surface area (Å²) in [5, 5.41) is 1.69. The molecule has 0 saturated heterocycles. The molecular weight excluding hydrogens is 238 g/mol. The Morgan fingerprint density at radius 1 is 1.32 bits per heavy atom. The van der Waals surface area contributed by atoms with Crippen molar-refractivity contribution >= 4 is 22.5 Å². The van der Waals surface area contributed by atoms with Crippen molar-refractivity contribution in [3.8, 4) is 0 Å². The van der Waals surface area contributed by atoms with Gasteiger partial charge in [0.15, 0.2) is 0 Å². The number of rotatable bonds is 3. The van der Waals surface area contributed by atoms with Gasteiger partial charge in [0.05, 0.1) is 5.56 Å². The van der Waals surface area contributed by atoms with E-state index in [-0.39, 0.29) is 11.9 Å². The molecule has 0 saturated carbocycles. The van der Waals surface area contributed by atoms with Gasteiger partial charge in [0, 0.05) is 24.2 Å². The molecule has 0 radical (unpaired) electrons. The topological polar surface area (TPSA) is 59.2 Å². The fourth-order valence-electron chi connectivity index (χ4n) is 2.28. The van der Waals surface area contributed by atoms with Gasteiger partial charge in [0.2, 0.25) is 0 Å². The zero-order valence-electron chi connectivity index (χ0n) is 11.6. The third-order valence-electron chi connectivity index (χ3n) is 3.28. The van der Waals surface area contributed by atoms with E-state index < -0.39 is 0 Å². The highest BCUT2D eigenvalue weighted by Gasteiger charge is 2.20. The highest BCUT2D eigenvalue weighted by Crippen LogP contribution is 2.23. The summed E-state index contributed by atoms with van der Waals surface area (Å²) in [6.07, 6.45) is 1.57. The number of nitrogen functional groups attached to an aromatic ring is 1. The molecule has 0 fully saturated rings. The lowest BCUT2D eigenvalue weighted by Crippen LogP contribution is -2.36. The van der Waals surface area contributed by atoms with Gasteiger partial charge in [-0.05, 0) is 26.2 Å². The standard InChI is InChI=1S/C15H19N3O/c1-4-18(10(2)3)15(19)13-9-17-14(16)12-8-6-5-7-11(12)13/h5-10H,4H2,1-3H3,(H2,16,17). The fraction of sp³-hybridized carbons (Fsp3) is 0.333. The van der Waals surface area contributed by atoms with Crippen LogP contribution in [-0.2, 0) is 0 Å². The van der Waals surface area contributed by atoms with Crippen molar-refractivity contribution in [3.05, 3.63) is 36.0 Å². The van der Waals surface area contributed by atoms with Crippen molar-refractivity contribution in [2.45, 2.75) is 26.8 Å². The Morgan fingerprint density at radius 2 is 1.95 bits per heavy atom. The molecule has 0 spiro atoms. The van der Waals surface area contributed by atoms with Gasteiger partial charge in [0.25, 0.3) is 5.91 Å². The number of fused-ring (bicyclic) bond motifs is 1. The molecule has 1 heterocycles. The van der Waals surface area contributed by atoms with Crippen LogP contribution in [0.25, 0.3) is 10.8 Å². The first-order valence-electron chi connectivity index (χ1n) is 6.50. The first-order chi connectivity index (χ1) is 9.06. The van der Waals surface area contributed by atoms with Crippen molar-refractivity contribution < 1.29 is 4.79 Å². The summed E-state index contributed by atoms with van der Waals surface area (Å²) in [5.74, 6) is 0.459. The molecule has 4 nitrogen and oxygen atoms in total. The lowest BCUT2D eigenvalue weighted by atomic mass is 10.1. The summed E-state index contributed by atoms with van der Waals surface area (Å²) in [6.45, 7) is 6.67. The number of carbonyl (C=O) groups is 1. The summed E-state index contributed by atoms with van der Waals surface area (Å²) in [6, 6.07) is 7.77. The third-order valence-corrected chi connectivity index (χ3v) is 3.28. The molecule has 1 aromatic carbocycles. The van der Waals surface area contributed by atoms with Crippen LogP contribution in [0.2, 0.25) is 0 Å². The Bertz CT molecular complexity index is 607. The molecule has 0 bridgehead atoms. The maximum absolute atomic E-state index is 12.6. The van der Waals surface area contributed by atoms with Crippen LogP contribution < -0.4 is 5.73 Å². The van der Waals surface area contributed by atoms with Crippen LogP contribution in [0.3, 0.4) is 0 Å². The fourth-order valence-corrected chi connectivity index (χ4v) is 2.28. The molecule has 1 aromatic heterocycles. The van der Waals surface area contributed by atoms with E-state index in [2.05, 4.69) is 4.98 Å². The van der Waals surface area contributed by atoms with Crippen molar-refractivity contribution in [1.29, 1.82) is 0 Å². The Labute approximate surface area is 113 Å². The average Bonchev–Trinajstić information content (AvgIpc) is 2.39. The summed E-state index contributed by atoms with van der Waals surface area (Å²) in [4.78, 5) is 18.5. The van der Waals surface area contributed by atoms with E-state index in [1.807, 2.05) is 49.9 Å². The number of carbonyl (C=O) groups excluding carboxylic acids is 1. The van der Waals surface area contributed by atoms with Crippen LogP contribution >= 0.6 is 0 Å². The number of anilines is 1. The number of nitrogens with zero attached hydrogens (tertiary/aromatic N) is 2. The molecule has 4 heteroatoms. The van der Waals surface area contributed by atoms with Crippen LogP contribution in [0, 0.1) is 0 Å². The van der Waals surface area contributed by atoms with E-state index in [1.54, 1.807) is 6.20 Å². The van der Waals surface area contributed by atoms with E-state index in [0.717, 1.165) is 10.8 Å². The predicted octanol–water partition coefficient (Wildman–Crippen LogP) is 2.69. The molecule has 1 amide bonds. The lowest BCUT2D eigenvalue weighted by molar-refractivity contribution is 0.0718. The predicted molar refractivity (Wildman–Crippen MR) is 78.0 cm³/mol. The largest absolute Gasteiger partial charge is 0.383 e. The number of pyridine rings is 1. The second kappa shape index (κ2) is 5.26. The van der Waals surface area contributed by atoms with E-state index in [0.29, 0.717) is 17.9 Å². The van der Waals surface area contributed by atoms with Crippen molar-refractivity contribution in [1.82, 2.24) is 9.88 Å². The van der Waals surface area contributed by atoms with Crippen LogP contribution in [0.5, 0.6) is 0 Å². The minimum absolute atomic E-state index is 0.00111. The van der Waals surface area contributed by atoms with Gasteiger partial charge in [-0.3, -0.25) is 4.79 Å². The number of nitrogens with two attached hydrogens (primary N) is 1. The quantitative estimate of drug-likeness (QED) is 0.919. The number of hydrogen-bond acceptors (Lipinski definition) is 3. The second-order valence-corrected chi connectivity index (χ2v) is 4.79. The zero-order valence-corrected chi connectivity index (χ0v) is 11.6. The molecule has 2 aromatic rings. The highest BCUT2D eigenvalue weighted by atomic mass is 16.2. The van der Waals surface area contributed by atoms with Crippen molar-refractivity contribution in [2.75, 3.05) is 12.3 Å². The molecule has 100 valence electrons. The van der Waals surface area contributed by atoms with E-state index in [1.165, 1.54) is 0 Å². The van der Waals surface area contributed by atoms with Gasteiger partial charge in [-0.15, -0.1) is 0 Å². The van der Waals surface area contributed by atoms with Gasteiger partial charge in [-0.1, -0.05) is 24.3 Å². The molecule has 0 aliphatic heterocycles. The number of hydrogen-bond donors (Lipinski definition) is 1. The van der Waals surface area contributed by atoms with Crippen molar-refractivity contribution in [2.24, 2.45) is 0 Å². The van der Waals surface area contributed by atoms with E-state index in [4.69, 9.17) is 5.73 Å². The summed E-state index contributed by atoms with van der Waals surface area (Å²) < 4.78 is 0. The summed E-state index contributed by atoms with van der Waals surface area (Å²) in [5.41, 5.74) is 6.47. The third kappa shape index (κ3) is 2.38. The molecule has 0 aliphatic rings. The molecule has 19 heavy (non-hydrogen) atoms. The number of amides is 1. The lowest BCUT2D eigenvalue weighted by Gasteiger charge is -2.25. The first kappa shape index (κ1) is 13.3. The van der Waals surface area contributed by atoms with Crippen LogP contribution in [0.1, 0.15) is 31.1 Å². The molecule has 2 rings (SSSR count). The van der Waals surface area contributed by atoms with E-state index in [9.17, 15) is 4.79 Å². The van der Waals surface area contributed by atoms with Crippen molar-refractivity contribution in [3.63, 3.8) is 0 Å².